The number of carbonyl (C=O) groups is 1. The Labute approximate surface area is 165 Å². The number of ether oxygens (including phenoxy) is 1. The minimum atomic E-state index is -0.0833. The van der Waals surface area contributed by atoms with Gasteiger partial charge in [-0.3, -0.25) is 9.69 Å². The maximum Gasteiger partial charge on any atom is 0.255 e. The second-order valence-corrected chi connectivity index (χ2v) is 7.05. The topological polar surface area (TPSA) is 44.8 Å². The van der Waals surface area contributed by atoms with Crippen LogP contribution in [0.2, 0.25) is 5.02 Å². The molecule has 5 nitrogen and oxygen atoms in total. The van der Waals surface area contributed by atoms with Crippen molar-refractivity contribution >= 4 is 23.2 Å². The van der Waals surface area contributed by atoms with Crippen molar-refractivity contribution in [2.24, 2.45) is 0 Å². The SMILES string of the molecule is COc1ccccc1C(=O)NCCCN1CCN(c2ccc(Cl)cc2)CC1. The number of amides is 1. The van der Waals surface area contributed by atoms with Gasteiger partial charge in [-0.15, -0.1) is 0 Å². The van der Waals surface area contributed by atoms with Gasteiger partial charge in [0.05, 0.1) is 12.7 Å². The highest BCUT2D eigenvalue weighted by molar-refractivity contribution is 6.30. The van der Waals surface area contributed by atoms with Crippen molar-refractivity contribution in [2.45, 2.75) is 6.42 Å². The van der Waals surface area contributed by atoms with Crippen molar-refractivity contribution in [3.63, 3.8) is 0 Å². The van der Waals surface area contributed by atoms with Gasteiger partial charge in [-0.25, -0.2) is 0 Å². The van der Waals surface area contributed by atoms with Crippen LogP contribution < -0.4 is 15.0 Å². The summed E-state index contributed by atoms with van der Waals surface area (Å²) in [5, 5.41) is 3.76. The summed E-state index contributed by atoms with van der Waals surface area (Å²) in [7, 11) is 1.58. The summed E-state index contributed by atoms with van der Waals surface area (Å²) < 4.78 is 5.24. The lowest BCUT2D eigenvalue weighted by Gasteiger charge is -2.36. The highest BCUT2D eigenvalue weighted by Gasteiger charge is 2.17. The van der Waals surface area contributed by atoms with Gasteiger partial charge in [0, 0.05) is 43.4 Å². The standard InChI is InChI=1S/C21H26ClN3O2/c1-27-20-6-3-2-5-19(20)21(26)23-11-4-12-24-13-15-25(16-14-24)18-9-7-17(22)8-10-18/h2-3,5-10H,4,11-16H2,1H3,(H,23,26). The Morgan fingerprint density at radius 2 is 1.78 bits per heavy atom. The maximum atomic E-state index is 12.3. The van der Waals surface area contributed by atoms with Crippen LogP contribution >= 0.6 is 11.6 Å². The van der Waals surface area contributed by atoms with E-state index < -0.39 is 0 Å². The molecule has 2 aromatic carbocycles. The first-order valence-corrected chi connectivity index (χ1v) is 9.69. The average molecular weight is 388 g/mol. The van der Waals surface area contributed by atoms with Crippen LogP contribution in [0.5, 0.6) is 5.75 Å². The summed E-state index contributed by atoms with van der Waals surface area (Å²) in [4.78, 5) is 17.1. The zero-order valence-corrected chi connectivity index (χ0v) is 16.4. The highest BCUT2D eigenvalue weighted by Crippen LogP contribution is 2.19. The number of carbonyl (C=O) groups excluding carboxylic acids is 1. The summed E-state index contributed by atoms with van der Waals surface area (Å²) in [6, 6.07) is 15.3. The fraction of sp³-hybridized carbons (Fsp3) is 0.381. The van der Waals surface area contributed by atoms with Crippen LogP contribution in [0.25, 0.3) is 0 Å². The molecule has 0 aliphatic carbocycles. The molecule has 1 aliphatic heterocycles. The largest absolute Gasteiger partial charge is 0.496 e. The lowest BCUT2D eigenvalue weighted by atomic mass is 10.2. The van der Waals surface area contributed by atoms with Crippen LogP contribution in [0, 0.1) is 0 Å². The third-order valence-corrected chi connectivity index (χ3v) is 5.10. The smallest absolute Gasteiger partial charge is 0.255 e. The van der Waals surface area contributed by atoms with Crippen molar-refractivity contribution in [3.8, 4) is 5.75 Å². The predicted octanol–water partition coefficient (Wildman–Crippen LogP) is 3.29. The van der Waals surface area contributed by atoms with E-state index in [-0.39, 0.29) is 5.91 Å². The van der Waals surface area contributed by atoms with E-state index >= 15 is 0 Å². The minimum absolute atomic E-state index is 0.0833. The van der Waals surface area contributed by atoms with Crippen molar-refractivity contribution in [1.29, 1.82) is 0 Å². The minimum Gasteiger partial charge on any atom is -0.496 e. The number of methoxy groups -OCH3 is 1. The van der Waals surface area contributed by atoms with E-state index in [1.165, 1.54) is 5.69 Å². The van der Waals surface area contributed by atoms with E-state index in [4.69, 9.17) is 16.3 Å². The van der Waals surface area contributed by atoms with E-state index in [2.05, 4.69) is 27.2 Å². The molecular weight excluding hydrogens is 362 g/mol. The van der Waals surface area contributed by atoms with Crippen LogP contribution in [0.1, 0.15) is 16.8 Å². The molecule has 2 aromatic rings. The Morgan fingerprint density at radius 3 is 2.48 bits per heavy atom. The highest BCUT2D eigenvalue weighted by atomic mass is 35.5. The first-order valence-electron chi connectivity index (χ1n) is 9.31. The molecule has 1 saturated heterocycles. The predicted molar refractivity (Wildman–Crippen MR) is 110 cm³/mol. The number of hydrogen-bond acceptors (Lipinski definition) is 4. The maximum absolute atomic E-state index is 12.3. The third-order valence-electron chi connectivity index (χ3n) is 4.85. The van der Waals surface area contributed by atoms with Crippen LogP contribution in [-0.2, 0) is 0 Å². The zero-order valence-electron chi connectivity index (χ0n) is 15.7. The molecule has 0 saturated carbocycles. The molecule has 0 atom stereocenters. The number of halogens is 1. The van der Waals surface area contributed by atoms with Gasteiger partial charge in [0.15, 0.2) is 0 Å². The van der Waals surface area contributed by atoms with E-state index in [1.807, 2.05) is 24.3 Å². The van der Waals surface area contributed by atoms with Gasteiger partial charge in [0.1, 0.15) is 5.75 Å². The molecule has 0 spiro atoms. The molecule has 6 heteroatoms. The van der Waals surface area contributed by atoms with Gasteiger partial charge in [0.2, 0.25) is 0 Å². The summed E-state index contributed by atoms with van der Waals surface area (Å²) >= 11 is 5.96. The lowest BCUT2D eigenvalue weighted by molar-refractivity contribution is 0.0948. The Hall–Kier alpha value is -2.24. The van der Waals surface area contributed by atoms with Crippen LogP contribution in [0.4, 0.5) is 5.69 Å². The Balaban J connectivity index is 1.37. The fourth-order valence-corrected chi connectivity index (χ4v) is 3.44. The molecule has 1 aliphatic rings. The number of piperazine rings is 1. The second kappa shape index (κ2) is 9.62. The van der Waals surface area contributed by atoms with Gasteiger partial charge >= 0.3 is 0 Å². The number of rotatable bonds is 7. The zero-order chi connectivity index (χ0) is 19.1. The van der Waals surface area contributed by atoms with Gasteiger partial charge in [0.25, 0.3) is 5.91 Å². The summed E-state index contributed by atoms with van der Waals surface area (Å²) in [5.41, 5.74) is 1.81. The number of benzene rings is 2. The average Bonchev–Trinajstić information content (AvgIpc) is 2.72. The number of nitrogens with one attached hydrogen (secondary N) is 1. The number of para-hydroxylation sites is 1. The molecule has 144 valence electrons. The van der Waals surface area contributed by atoms with Gasteiger partial charge in [-0.2, -0.15) is 0 Å². The van der Waals surface area contributed by atoms with E-state index in [1.54, 1.807) is 19.2 Å². The van der Waals surface area contributed by atoms with Crippen molar-refractivity contribution < 1.29 is 9.53 Å². The van der Waals surface area contributed by atoms with Gasteiger partial charge in [-0.05, 0) is 49.4 Å². The first-order chi connectivity index (χ1) is 13.2. The van der Waals surface area contributed by atoms with Gasteiger partial charge in [-0.1, -0.05) is 23.7 Å². The summed E-state index contributed by atoms with van der Waals surface area (Å²) in [5.74, 6) is 0.522. The lowest BCUT2D eigenvalue weighted by Crippen LogP contribution is -2.47. The summed E-state index contributed by atoms with van der Waals surface area (Å²) in [6.07, 6.45) is 0.932. The van der Waals surface area contributed by atoms with Crippen molar-refractivity contribution in [1.82, 2.24) is 10.2 Å². The first kappa shape index (κ1) is 19.5. The molecule has 0 aromatic heterocycles. The fourth-order valence-electron chi connectivity index (χ4n) is 3.31. The molecule has 1 amide bonds. The third kappa shape index (κ3) is 5.37. The molecule has 0 unspecified atom stereocenters. The second-order valence-electron chi connectivity index (χ2n) is 6.61. The Morgan fingerprint density at radius 1 is 1.07 bits per heavy atom. The van der Waals surface area contributed by atoms with Gasteiger partial charge < -0.3 is 15.0 Å². The molecule has 0 bridgehead atoms. The molecule has 1 fully saturated rings. The Bertz CT molecular complexity index is 743. The molecular formula is C21H26ClN3O2. The molecule has 1 N–H and O–H groups in total. The summed E-state index contributed by atoms with van der Waals surface area (Å²) in [6.45, 7) is 5.73. The molecule has 1 heterocycles. The van der Waals surface area contributed by atoms with E-state index in [9.17, 15) is 4.79 Å². The molecule has 0 radical (unpaired) electrons. The molecule has 27 heavy (non-hydrogen) atoms. The molecule has 3 rings (SSSR count). The number of hydrogen-bond donors (Lipinski definition) is 1. The quantitative estimate of drug-likeness (QED) is 0.740. The monoisotopic (exact) mass is 387 g/mol. The van der Waals surface area contributed by atoms with Crippen LogP contribution in [0.3, 0.4) is 0 Å². The van der Waals surface area contributed by atoms with Crippen LogP contribution in [-0.4, -0.2) is 57.2 Å². The normalized spacial score (nSPS) is 14.8. The van der Waals surface area contributed by atoms with E-state index in [0.29, 0.717) is 17.9 Å². The number of anilines is 1. The Kier molecular flexibility index (Phi) is 6.96. The van der Waals surface area contributed by atoms with E-state index in [0.717, 1.165) is 44.2 Å². The van der Waals surface area contributed by atoms with Crippen molar-refractivity contribution in [2.75, 3.05) is 51.3 Å². The van der Waals surface area contributed by atoms with Crippen molar-refractivity contribution in [3.05, 3.63) is 59.1 Å². The van der Waals surface area contributed by atoms with Crippen LogP contribution in [0.15, 0.2) is 48.5 Å². The number of nitrogens with zero attached hydrogens (tertiary/aromatic N) is 2.